The molecule has 0 N–H and O–H groups in total. The van der Waals surface area contributed by atoms with E-state index in [0.717, 1.165) is 16.6 Å². The normalized spacial score (nSPS) is 11.8. The van der Waals surface area contributed by atoms with Crippen LogP contribution < -0.4 is 4.90 Å². The molecule has 0 spiro atoms. The molecule has 1 aromatic heterocycles. The van der Waals surface area contributed by atoms with Gasteiger partial charge in [-0.3, -0.25) is 4.79 Å². The van der Waals surface area contributed by atoms with Crippen molar-refractivity contribution in [1.82, 2.24) is 4.98 Å². The molecule has 0 bridgehead atoms. The summed E-state index contributed by atoms with van der Waals surface area (Å²) >= 11 is 0. The number of aryl methyl sites for hydroxylation is 2. The number of benzene rings is 2. The fourth-order valence-corrected chi connectivity index (χ4v) is 2.88. The minimum Gasteiger partial charge on any atom is -0.436 e. The van der Waals surface area contributed by atoms with Crippen LogP contribution in [0.2, 0.25) is 0 Å². The molecule has 136 valence electrons. The number of fused-ring (bicyclic) bond motifs is 1. The summed E-state index contributed by atoms with van der Waals surface area (Å²) in [5.41, 5.74) is 4.22. The lowest BCUT2D eigenvalue weighted by molar-refractivity contribution is -0.170. The number of aromatic nitrogens is 1. The van der Waals surface area contributed by atoms with Gasteiger partial charge in [0.1, 0.15) is 5.52 Å². The average Bonchev–Trinajstić information content (AvgIpc) is 2.99. The van der Waals surface area contributed by atoms with Crippen molar-refractivity contribution in [3.05, 3.63) is 47.5 Å². The van der Waals surface area contributed by atoms with Crippen LogP contribution in [0.4, 0.5) is 18.9 Å². The average molecular weight is 362 g/mol. The number of hydrogen-bond donors (Lipinski definition) is 0. The smallest absolute Gasteiger partial charge is 0.436 e. The van der Waals surface area contributed by atoms with Gasteiger partial charge in [-0.1, -0.05) is 6.07 Å². The number of oxazole rings is 1. The Labute approximate surface area is 148 Å². The van der Waals surface area contributed by atoms with E-state index in [-0.39, 0.29) is 12.2 Å². The monoisotopic (exact) mass is 362 g/mol. The zero-order chi connectivity index (χ0) is 19.1. The third-order valence-electron chi connectivity index (χ3n) is 4.05. The van der Waals surface area contributed by atoms with Gasteiger partial charge in [0.15, 0.2) is 5.58 Å². The highest BCUT2D eigenvalue weighted by Crippen LogP contribution is 2.30. The molecular formula is C19H17F3N2O2. The number of alkyl halides is 3. The van der Waals surface area contributed by atoms with Gasteiger partial charge in [-0.25, -0.2) is 4.98 Å². The van der Waals surface area contributed by atoms with E-state index >= 15 is 0 Å². The molecule has 0 atom stereocenters. The van der Waals surface area contributed by atoms with Crippen molar-refractivity contribution in [3.63, 3.8) is 0 Å². The fourth-order valence-electron chi connectivity index (χ4n) is 2.88. The summed E-state index contributed by atoms with van der Waals surface area (Å²) < 4.78 is 43.9. The Balaban J connectivity index is 1.95. The van der Waals surface area contributed by atoms with E-state index in [1.807, 2.05) is 26.0 Å². The van der Waals surface area contributed by atoms with Crippen LogP contribution in [-0.2, 0) is 4.79 Å². The third-order valence-corrected chi connectivity index (χ3v) is 4.05. The number of hydrogen-bond acceptors (Lipinski definition) is 3. The van der Waals surface area contributed by atoms with Gasteiger partial charge in [0.25, 0.3) is 0 Å². The van der Waals surface area contributed by atoms with Gasteiger partial charge in [-0.15, -0.1) is 0 Å². The van der Waals surface area contributed by atoms with E-state index in [4.69, 9.17) is 4.42 Å². The Morgan fingerprint density at radius 2 is 1.81 bits per heavy atom. The summed E-state index contributed by atoms with van der Waals surface area (Å²) in [4.78, 5) is 16.6. The third kappa shape index (κ3) is 3.29. The van der Waals surface area contributed by atoms with Gasteiger partial charge in [0.2, 0.25) is 5.89 Å². The molecule has 1 heterocycles. The maximum Gasteiger partial charge on any atom is 0.471 e. The van der Waals surface area contributed by atoms with E-state index < -0.39 is 12.1 Å². The van der Waals surface area contributed by atoms with E-state index in [0.29, 0.717) is 21.9 Å². The molecule has 26 heavy (non-hydrogen) atoms. The Morgan fingerprint density at radius 3 is 2.38 bits per heavy atom. The lowest BCUT2D eigenvalue weighted by Crippen LogP contribution is -2.41. The van der Waals surface area contributed by atoms with E-state index in [2.05, 4.69) is 4.98 Å². The van der Waals surface area contributed by atoms with Crippen LogP contribution in [0, 0.1) is 13.8 Å². The molecule has 3 rings (SSSR count). The standard InChI is InChI=1S/C19H17F3N2O2/c1-4-24(18(25)19(20,21)22)14-7-5-13(6-8-14)17-23-15-10-11(2)9-12(3)16(15)26-17/h5-10H,4H2,1-3H3. The molecule has 0 aliphatic rings. The first-order valence-electron chi connectivity index (χ1n) is 8.07. The molecule has 1 amide bonds. The molecule has 3 aromatic rings. The fraction of sp³-hybridized carbons (Fsp3) is 0.263. The first kappa shape index (κ1) is 18.0. The minimum atomic E-state index is -4.91. The number of halogens is 3. The predicted octanol–water partition coefficient (Wildman–Crippen LogP) is 5.03. The van der Waals surface area contributed by atoms with Crippen LogP contribution in [0.3, 0.4) is 0 Å². The number of nitrogens with zero attached hydrogens (tertiary/aromatic N) is 2. The van der Waals surface area contributed by atoms with Crippen LogP contribution in [-0.4, -0.2) is 23.6 Å². The van der Waals surface area contributed by atoms with Crippen molar-refractivity contribution in [2.45, 2.75) is 26.9 Å². The zero-order valence-corrected chi connectivity index (χ0v) is 14.5. The number of carbonyl (C=O) groups excluding carboxylic acids is 1. The molecule has 7 heteroatoms. The van der Waals surface area contributed by atoms with Gasteiger partial charge < -0.3 is 9.32 Å². The molecule has 0 radical (unpaired) electrons. The quantitative estimate of drug-likeness (QED) is 0.657. The second-order valence-electron chi connectivity index (χ2n) is 6.04. The second-order valence-corrected chi connectivity index (χ2v) is 6.04. The van der Waals surface area contributed by atoms with Gasteiger partial charge in [0.05, 0.1) is 0 Å². The van der Waals surface area contributed by atoms with Gasteiger partial charge in [-0.05, 0) is 62.2 Å². The van der Waals surface area contributed by atoms with Crippen molar-refractivity contribution >= 4 is 22.7 Å². The van der Waals surface area contributed by atoms with Crippen LogP contribution in [0.5, 0.6) is 0 Å². The Bertz CT molecular complexity index is 959. The molecule has 0 saturated heterocycles. The summed E-state index contributed by atoms with van der Waals surface area (Å²) in [5.74, 6) is -1.51. The topological polar surface area (TPSA) is 46.3 Å². The summed E-state index contributed by atoms with van der Waals surface area (Å²) in [6, 6.07) is 9.99. The molecule has 0 fully saturated rings. The maximum absolute atomic E-state index is 12.7. The van der Waals surface area contributed by atoms with Crippen LogP contribution >= 0.6 is 0 Å². The van der Waals surface area contributed by atoms with E-state index in [1.165, 1.54) is 19.1 Å². The number of amides is 1. The zero-order valence-electron chi connectivity index (χ0n) is 14.5. The molecule has 4 nitrogen and oxygen atoms in total. The Kier molecular flexibility index (Phi) is 4.48. The molecular weight excluding hydrogens is 345 g/mol. The largest absolute Gasteiger partial charge is 0.471 e. The number of rotatable bonds is 3. The van der Waals surface area contributed by atoms with Crippen LogP contribution in [0.25, 0.3) is 22.6 Å². The molecule has 0 aliphatic carbocycles. The SMILES string of the molecule is CCN(C(=O)C(F)(F)F)c1ccc(-c2nc3cc(C)cc(C)c3o2)cc1. The maximum atomic E-state index is 12.7. The highest BCUT2D eigenvalue weighted by molar-refractivity contribution is 5.97. The predicted molar refractivity (Wildman–Crippen MR) is 93.0 cm³/mol. The second kappa shape index (κ2) is 6.48. The van der Waals surface area contributed by atoms with Crippen LogP contribution in [0.15, 0.2) is 40.8 Å². The van der Waals surface area contributed by atoms with Crippen molar-refractivity contribution in [3.8, 4) is 11.5 Å². The lowest BCUT2D eigenvalue weighted by atomic mass is 10.1. The summed E-state index contributed by atoms with van der Waals surface area (Å²) in [7, 11) is 0. The van der Waals surface area contributed by atoms with Crippen molar-refractivity contribution < 1.29 is 22.4 Å². The van der Waals surface area contributed by atoms with Crippen LogP contribution in [0.1, 0.15) is 18.1 Å². The molecule has 0 aliphatic heterocycles. The van der Waals surface area contributed by atoms with E-state index in [1.54, 1.807) is 12.1 Å². The Morgan fingerprint density at radius 1 is 1.15 bits per heavy atom. The molecule has 2 aromatic carbocycles. The van der Waals surface area contributed by atoms with Gasteiger partial charge in [0, 0.05) is 17.8 Å². The summed E-state index contributed by atoms with van der Waals surface area (Å²) in [5, 5.41) is 0. The summed E-state index contributed by atoms with van der Waals surface area (Å²) in [6.45, 7) is 5.30. The highest BCUT2D eigenvalue weighted by Gasteiger charge is 2.42. The van der Waals surface area contributed by atoms with Crippen molar-refractivity contribution in [2.24, 2.45) is 0 Å². The van der Waals surface area contributed by atoms with Gasteiger partial charge in [-0.2, -0.15) is 13.2 Å². The van der Waals surface area contributed by atoms with Crippen molar-refractivity contribution in [2.75, 3.05) is 11.4 Å². The Hall–Kier alpha value is -2.83. The highest BCUT2D eigenvalue weighted by atomic mass is 19.4. The van der Waals surface area contributed by atoms with E-state index in [9.17, 15) is 18.0 Å². The first-order valence-corrected chi connectivity index (χ1v) is 8.07. The first-order chi connectivity index (χ1) is 12.2. The summed E-state index contributed by atoms with van der Waals surface area (Å²) in [6.07, 6.45) is -4.91. The lowest BCUT2D eigenvalue weighted by Gasteiger charge is -2.22. The molecule has 0 saturated carbocycles. The van der Waals surface area contributed by atoms with Crippen molar-refractivity contribution in [1.29, 1.82) is 0 Å². The molecule has 0 unspecified atom stereocenters. The number of carbonyl (C=O) groups is 1. The van der Waals surface area contributed by atoms with Gasteiger partial charge >= 0.3 is 12.1 Å². The minimum absolute atomic E-state index is 0.0843. The number of anilines is 1.